The summed E-state index contributed by atoms with van der Waals surface area (Å²) >= 11 is 0. The molecule has 0 bridgehead atoms. The number of nitrogens with one attached hydrogen (secondary N) is 1. The molecule has 0 saturated heterocycles. The molecular weight excluding hydrogens is 263 g/mol. The molecule has 0 aliphatic rings. The van der Waals surface area contributed by atoms with E-state index < -0.39 is 29.2 Å². The number of aromatic carboxylic acids is 1. The predicted molar refractivity (Wildman–Crippen MR) is 60.4 cm³/mol. The second-order valence-electron chi connectivity index (χ2n) is 4.06. The van der Waals surface area contributed by atoms with Crippen LogP contribution >= 0.6 is 0 Å². The molecule has 0 saturated carbocycles. The number of rotatable bonds is 2. The average molecular weight is 271 g/mol. The summed E-state index contributed by atoms with van der Waals surface area (Å²) in [5, 5.41) is 8.85. The van der Waals surface area contributed by atoms with Crippen molar-refractivity contribution in [1.29, 1.82) is 0 Å². The quantitative estimate of drug-likeness (QED) is 0.825. The number of carbonyl (C=O) groups excluding carboxylic acids is 1. The number of aromatic amines is 1. The van der Waals surface area contributed by atoms with E-state index in [2.05, 4.69) is 4.98 Å². The zero-order valence-electron chi connectivity index (χ0n) is 9.63. The van der Waals surface area contributed by atoms with Crippen molar-refractivity contribution in [2.24, 2.45) is 0 Å². The van der Waals surface area contributed by atoms with Gasteiger partial charge < -0.3 is 10.1 Å². The molecule has 0 atom stereocenters. The minimum Gasteiger partial charge on any atom is -0.477 e. The number of hydrogen-bond acceptors (Lipinski definition) is 2. The summed E-state index contributed by atoms with van der Waals surface area (Å²) in [6.45, 7) is 1.70. The molecule has 100 valence electrons. The van der Waals surface area contributed by atoms with Gasteiger partial charge in [0.15, 0.2) is 0 Å². The van der Waals surface area contributed by atoms with Crippen molar-refractivity contribution in [3.05, 3.63) is 35.0 Å². The van der Waals surface area contributed by atoms with Crippen LogP contribution in [-0.4, -0.2) is 28.0 Å². The van der Waals surface area contributed by atoms with Crippen molar-refractivity contribution in [3.63, 3.8) is 0 Å². The highest BCUT2D eigenvalue weighted by atomic mass is 19.4. The lowest BCUT2D eigenvalue weighted by atomic mass is 10.0. The Morgan fingerprint density at radius 1 is 1.26 bits per heavy atom. The van der Waals surface area contributed by atoms with E-state index in [1.807, 2.05) is 0 Å². The minimum absolute atomic E-state index is 0.0506. The topological polar surface area (TPSA) is 70.2 Å². The van der Waals surface area contributed by atoms with Crippen molar-refractivity contribution in [2.45, 2.75) is 13.1 Å². The lowest BCUT2D eigenvalue weighted by Gasteiger charge is -2.05. The molecule has 1 heterocycles. The monoisotopic (exact) mass is 271 g/mol. The van der Waals surface area contributed by atoms with Crippen LogP contribution < -0.4 is 0 Å². The molecule has 7 heteroatoms. The Morgan fingerprint density at radius 3 is 2.42 bits per heavy atom. The van der Waals surface area contributed by atoms with Crippen LogP contribution in [0.25, 0.3) is 10.9 Å². The number of carbonyl (C=O) groups is 2. The first-order valence-corrected chi connectivity index (χ1v) is 5.19. The van der Waals surface area contributed by atoms with Crippen LogP contribution in [0.2, 0.25) is 0 Å². The number of H-pyrrole nitrogens is 1. The third kappa shape index (κ3) is 2.18. The zero-order valence-corrected chi connectivity index (χ0v) is 9.63. The first-order chi connectivity index (χ1) is 8.71. The lowest BCUT2D eigenvalue weighted by Crippen LogP contribution is -2.24. The molecule has 0 spiro atoms. The molecule has 2 aromatic rings. The van der Waals surface area contributed by atoms with Gasteiger partial charge in [-0.2, -0.15) is 13.2 Å². The molecule has 1 aromatic heterocycles. The Labute approximate surface area is 104 Å². The number of carboxylic acid groups (broad SMARTS) is 1. The van der Waals surface area contributed by atoms with Gasteiger partial charge in [0.2, 0.25) is 0 Å². The van der Waals surface area contributed by atoms with E-state index in [1.54, 1.807) is 6.92 Å². The number of halogens is 3. The highest BCUT2D eigenvalue weighted by Crippen LogP contribution is 2.30. The molecule has 2 rings (SSSR count). The maximum atomic E-state index is 12.5. The smallest absolute Gasteiger partial charge is 0.454 e. The summed E-state index contributed by atoms with van der Waals surface area (Å²) in [7, 11) is 0. The summed E-state index contributed by atoms with van der Waals surface area (Å²) in [5.41, 5.74) is -0.681. The summed E-state index contributed by atoms with van der Waals surface area (Å²) < 4.78 is 37.5. The number of alkyl halides is 3. The van der Waals surface area contributed by atoms with Gasteiger partial charge in [0.25, 0.3) is 5.78 Å². The Bertz CT molecular complexity index is 685. The second-order valence-corrected chi connectivity index (χ2v) is 4.06. The molecule has 2 N–H and O–H groups in total. The van der Waals surface area contributed by atoms with Crippen molar-refractivity contribution in [3.8, 4) is 0 Å². The maximum absolute atomic E-state index is 12.5. The highest BCUT2D eigenvalue weighted by Gasteiger charge is 2.42. The Kier molecular flexibility index (Phi) is 2.84. The maximum Gasteiger partial charge on any atom is 0.454 e. The largest absolute Gasteiger partial charge is 0.477 e. The number of carboxylic acids is 1. The van der Waals surface area contributed by atoms with Gasteiger partial charge in [-0.3, -0.25) is 4.79 Å². The van der Waals surface area contributed by atoms with Crippen LogP contribution in [0.5, 0.6) is 0 Å². The molecule has 1 aromatic carbocycles. The van der Waals surface area contributed by atoms with Gasteiger partial charge in [-0.15, -0.1) is 0 Å². The molecule has 0 radical (unpaired) electrons. The molecule has 0 fully saturated rings. The third-order valence-corrected chi connectivity index (χ3v) is 2.65. The fraction of sp³-hybridized carbons (Fsp3) is 0.167. The molecule has 0 aliphatic heterocycles. The SMILES string of the molecule is Cc1ccc2c(C(=O)C(F)(F)F)c(C(=O)O)[nH]c2c1. The number of fused-ring (bicyclic) bond motifs is 1. The van der Waals surface area contributed by atoms with E-state index >= 15 is 0 Å². The number of hydrogen-bond donors (Lipinski definition) is 2. The van der Waals surface area contributed by atoms with Gasteiger partial charge in [0.1, 0.15) is 5.69 Å². The van der Waals surface area contributed by atoms with Crippen molar-refractivity contribution >= 4 is 22.7 Å². The number of benzene rings is 1. The predicted octanol–water partition coefficient (Wildman–Crippen LogP) is 2.92. The van der Waals surface area contributed by atoms with Crippen molar-refractivity contribution in [1.82, 2.24) is 4.98 Å². The second kappa shape index (κ2) is 4.11. The van der Waals surface area contributed by atoms with E-state index in [9.17, 15) is 22.8 Å². The average Bonchev–Trinajstić information content (AvgIpc) is 2.64. The van der Waals surface area contributed by atoms with Gasteiger partial charge in [-0.25, -0.2) is 4.79 Å². The van der Waals surface area contributed by atoms with Gasteiger partial charge in [0, 0.05) is 10.9 Å². The Hall–Kier alpha value is -2.31. The number of aromatic nitrogens is 1. The van der Waals surface area contributed by atoms with E-state index in [1.165, 1.54) is 18.2 Å². The van der Waals surface area contributed by atoms with E-state index in [4.69, 9.17) is 5.11 Å². The molecule has 0 aliphatic carbocycles. The highest BCUT2D eigenvalue weighted by molar-refractivity contribution is 6.16. The lowest BCUT2D eigenvalue weighted by molar-refractivity contribution is -0.0884. The number of Topliss-reactive ketones (excluding diaryl/α,β-unsaturated/α-hetero) is 1. The number of aryl methyl sites for hydroxylation is 1. The van der Waals surface area contributed by atoms with E-state index in [-0.39, 0.29) is 10.9 Å². The van der Waals surface area contributed by atoms with E-state index in [0.29, 0.717) is 0 Å². The van der Waals surface area contributed by atoms with Crippen LogP contribution in [0.4, 0.5) is 13.2 Å². The molecule has 0 unspecified atom stereocenters. The van der Waals surface area contributed by atoms with E-state index in [0.717, 1.165) is 5.56 Å². The molecular formula is C12H8F3NO3. The first kappa shape index (κ1) is 13.1. The summed E-state index contributed by atoms with van der Waals surface area (Å²) in [6, 6.07) is 4.29. The minimum atomic E-state index is -5.12. The third-order valence-electron chi connectivity index (χ3n) is 2.65. The van der Waals surface area contributed by atoms with Crippen LogP contribution in [0.15, 0.2) is 18.2 Å². The van der Waals surface area contributed by atoms with Crippen LogP contribution in [0.3, 0.4) is 0 Å². The number of ketones is 1. The van der Waals surface area contributed by atoms with Gasteiger partial charge >= 0.3 is 12.1 Å². The van der Waals surface area contributed by atoms with Crippen LogP contribution in [0.1, 0.15) is 26.4 Å². The summed E-state index contributed by atoms with van der Waals surface area (Å²) in [4.78, 5) is 24.6. The summed E-state index contributed by atoms with van der Waals surface area (Å²) in [6.07, 6.45) is -5.12. The summed E-state index contributed by atoms with van der Waals surface area (Å²) in [5.74, 6) is -3.78. The van der Waals surface area contributed by atoms with Gasteiger partial charge in [0.05, 0.1) is 5.56 Å². The standard InChI is InChI=1S/C12H8F3NO3/c1-5-2-3-6-7(4-5)16-9(11(18)19)8(6)10(17)12(13,14)15/h2-4,16H,1H3,(H,18,19). The van der Waals surface area contributed by atoms with Gasteiger partial charge in [-0.1, -0.05) is 12.1 Å². The zero-order chi connectivity index (χ0) is 14.4. The van der Waals surface area contributed by atoms with Gasteiger partial charge in [-0.05, 0) is 18.6 Å². The normalized spacial score (nSPS) is 11.8. The molecule has 4 nitrogen and oxygen atoms in total. The first-order valence-electron chi connectivity index (χ1n) is 5.19. The van der Waals surface area contributed by atoms with Crippen LogP contribution in [0, 0.1) is 6.92 Å². The van der Waals surface area contributed by atoms with Crippen LogP contribution in [-0.2, 0) is 0 Å². The molecule has 0 amide bonds. The van der Waals surface area contributed by atoms with Crippen molar-refractivity contribution in [2.75, 3.05) is 0 Å². The Balaban J connectivity index is 2.80. The van der Waals surface area contributed by atoms with Crippen molar-refractivity contribution < 1.29 is 27.9 Å². The molecule has 19 heavy (non-hydrogen) atoms. The Morgan fingerprint density at radius 2 is 1.89 bits per heavy atom. The fourth-order valence-corrected chi connectivity index (χ4v) is 1.85. The fourth-order valence-electron chi connectivity index (χ4n) is 1.85.